The van der Waals surface area contributed by atoms with Crippen LogP contribution in [0, 0.1) is 0 Å². The van der Waals surface area contributed by atoms with E-state index in [4.69, 9.17) is 9.47 Å². The minimum Gasteiger partial charge on any atom is -0.474 e. The van der Waals surface area contributed by atoms with Crippen LogP contribution in [-0.2, 0) is 14.6 Å². The van der Waals surface area contributed by atoms with Crippen LogP contribution < -0.4 is 4.74 Å². The number of pyridine rings is 1. The summed E-state index contributed by atoms with van der Waals surface area (Å²) in [5, 5.41) is -0.643. The molecule has 0 aliphatic carbocycles. The van der Waals surface area contributed by atoms with Gasteiger partial charge in [0.2, 0.25) is 5.88 Å². The number of fused-ring (bicyclic) bond motifs is 1. The van der Waals surface area contributed by atoms with Gasteiger partial charge in [-0.1, -0.05) is 0 Å². The smallest absolute Gasteiger partial charge is 0.259 e. The second-order valence-corrected chi connectivity index (χ2v) is 8.70. The van der Waals surface area contributed by atoms with E-state index in [1.807, 2.05) is 13.8 Å². The SMILES string of the molecule is CC(C)Oc1ncccc1C(=O)N1CCS(=O)(=O)[C@H]2COCC[C@@H]21. The van der Waals surface area contributed by atoms with Crippen LogP contribution in [0.15, 0.2) is 18.3 Å². The van der Waals surface area contributed by atoms with Crippen LogP contribution in [0.25, 0.3) is 0 Å². The Hall–Kier alpha value is -1.67. The van der Waals surface area contributed by atoms with Crippen LogP contribution in [-0.4, -0.2) is 67.1 Å². The van der Waals surface area contributed by atoms with Gasteiger partial charge >= 0.3 is 0 Å². The van der Waals surface area contributed by atoms with Crippen LogP contribution in [0.5, 0.6) is 5.88 Å². The Balaban J connectivity index is 1.90. The van der Waals surface area contributed by atoms with Crippen LogP contribution in [0.3, 0.4) is 0 Å². The molecule has 7 nitrogen and oxygen atoms in total. The van der Waals surface area contributed by atoms with E-state index in [0.29, 0.717) is 18.6 Å². The number of ether oxygens (including phenoxy) is 2. The molecule has 3 rings (SSSR count). The Bertz CT molecular complexity index is 719. The molecule has 24 heavy (non-hydrogen) atoms. The summed E-state index contributed by atoms with van der Waals surface area (Å²) < 4.78 is 35.5. The zero-order valence-electron chi connectivity index (χ0n) is 13.8. The number of sulfone groups is 1. The maximum absolute atomic E-state index is 13.0. The highest BCUT2D eigenvalue weighted by Crippen LogP contribution is 2.29. The van der Waals surface area contributed by atoms with Crippen molar-refractivity contribution in [3.05, 3.63) is 23.9 Å². The van der Waals surface area contributed by atoms with E-state index in [9.17, 15) is 13.2 Å². The fourth-order valence-electron chi connectivity index (χ4n) is 3.22. The Labute approximate surface area is 141 Å². The van der Waals surface area contributed by atoms with Crippen molar-refractivity contribution in [3.8, 4) is 5.88 Å². The summed E-state index contributed by atoms with van der Waals surface area (Å²) in [6.07, 6.45) is 1.99. The van der Waals surface area contributed by atoms with Crippen LogP contribution in [0.4, 0.5) is 0 Å². The first kappa shape index (κ1) is 17.2. The first-order valence-electron chi connectivity index (χ1n) is 8.12. The largest absolute Gasteiger partial charge is 0.474 e. The minimum atomic E-state index is -3.23. The van der Waals surface area contributed by atoms with E-state index in [2.05, 4.69) is 4.98 Å². The van der Waals surface area contributed by atoms with E-state index in [-0.39, 0.29) is 42.8 Å². The average Bonchev–Trinajstić information content (AvgIpc) is 2.54. The molecule has 2 saturated heterocycles. The van der Waals surface area contributed by atoms with Gasteiger partial charge in [0.05, 0.1) is 24.5 Å². The minimum absolute atomic E-state index is 0.0378. The number of carbonyl (C=O) groups is 1. The lowest BCUT2D eigenvalue weighted by Gasteiger charge is -2.43. The van der Waals surface area contributed by atoms with E-state index >= 15 is 0 Å². The third-order valence-corrected chi connectivity index (χ3v) is 6.48. The average molecular weight is 354 g/mol. The molecule has 1 aromatic heterocycles. The molecule has 0 unspecified atom stereocenters. The summed E-state index contributed by atoms with van der Waals surface area (Å²) in [6, 6.07) is 3.00. The van der Waals surface area contributed by atoms with Crippen molar-refractivity contribution >= 4 is 15.7 Å². The lowest BCUT2D eigenvalue weighted by molar-refractivity contribution is 0.0291. The van der Waals surface area contributed by atoms with Crippen molar-refractivity contribution in [2.24, 2.45) is 0 Å². The van der Waals surface area contributed by atoms with Gasteiger partial charge in [0.1, 0.15) is 10.8 Å². The molecule has 1 aromatic rings. The number of aromatic nitrogens is 1. The van der Waals surface area contributed by atoms with Crippen LogP contribution in [0.1, 0.15) is 30.6 Å². The summed E-state index contributed by atoms with van der Waals surface area (Å²) >= 11 is 0. The van der Waals surface area contributed by atoms with Gasteiger partial charge in [-0.05, 0) is 32.4 Å². The monoisotopic (exact) mass is 354 g/mol. The predicted molar refractivity (Wildman–Crippen MR) is 87.8 cm³/mol. The summed E-state index contributed by atoms with van der Waals surface area (Å²) in [7, 11) is -3.23. The van der Waals surface area contributed by atoms with E-state index in [1.165, 1.54) is 0 Å². The maximum atomic E-state index is 13.0. The van der Waals surface area contributed by atoms with Gasteiger partial charge in [0.25, 0.3) is 5.91 Å². The third-order valence-electron chi connectivity index (χ3n) is 4.36. The summed E-state index contributed by atoms with van der Waals surface area (Å²) in [6.45, 7) is 4.54. The molecular weight excluding hydrogens is 332 g/mol. The van der Waals surface area contributed by atoms with E-state index in [0.717, 1.165) is 0 Å². The summed E-state index contributed by atoms with van der Waals surface area (Å²) in [5.74, 6) is 0.0178. The van der Waals surface area contributed by atoms with Crippen LogP contribution >= 0.6 is 0 Å². The molecule has 2 aliphatic rings. The Morgan fingerprint density at radius 2 is 2.25 bits per heavy atom. The number of rotatable bonds is 3. The molecule has 3 heterocycles. The number of nitrogens with zero attached hydrogens (tertiary/aromatic N) is 2. The van der Waals surface area contributed by atoms with Crippen LogP contribution in [0.2, 0.25) is 0 Å². The molecule has 1 amide bonds. The standard InChI is InChI=1S/C16H22N2O5S/c1-11(2)23-15-12(4-3-6-17-15)16(19)18-7-9-24(20,21)14-10-22-8-5-13(14)18/h3-4,6,11,13-14H,5,7-10H2,1-2H3/t13-,14-/m0/s1. The fraction of sp³-hybridized carbons (Fsp3) is 0.625. The Morgan fingerprint density at radius 3 is 3.00 bits per heavy atom. The maximum Gasteiger partial charge on any atom is 0.259 e. The summed E-state index contributed by atoms with van der Waals surface area (Å²) in [5.41, 5.74) is 0.371. The van der Waals surface area contributed by atoms with Crippen molar-refractivity contribution < 1.29 is 22.7 Å². The number of hydrogen-bond acceptors (Lipinski definition) is 6. The van der Waals surface area contributed by atoms with Gasteiger partial charge in [-0.25, -0.2) is 13.4 Å². The van der Waals surface area contributed by atoms with Crippen molar-refractivity contribution in [2.75, 3.05) is 25.5 Å². The molecule has 0 aromatic carbocycles. The molecule has 2 fully saturated rings. The molecule has 0 spiro atoms. The van der Waals surface area contributed by atoms with Gasteiger partial charge in [-0.2, -0.15) is 0 Å². The van der Waals surface area contributed by atoms with Gasteiger partial charge in [-0.15, -0.1) is 0 Å². The van der Waals surface area contributed by atoms with Crippen molar-refractivity contribution in [1.29, 1.82) is 0 Å². The van der Waals surface area contributed by atoms with E-state index in [1.54, 1.807) is 23.2 Å². The lowest BCUT2D eigenvalue weighted by atomic mass is 10.0. The zero-order chi connectivity index (χ0) is 17.3. The highest BCUT2D eigenvalue weighted by Gasteiger charge is 2.45. The fourth-order valence-corrected chi connectivity index (χ4v) is 5.04. The quantitative estimate of drug-likeness (QED) is 0.802. The Kier molecular flexibility index (Phi) is 4.78. The highest BCUT2D eigenvalue weighted by atomic mass is 32.2. The first-order chi connectivity index (χ1) is 11.4. The molecule has 2 atom stereocenters. The predicted octanol–water partition coefficient (Wildman–Crippen LogP) is 0.897. The number of amides is 1. The second kappa shape index (κ2) is 6.68. The van der Waals surface area contributed by atoms with Gasteiger partial charge in [0, 0.05) is 19.3 Å². The van der Waals surface area contributed by atoms with Crippen molar-refractivity contribution in [2.45, 2.75) is 37.7 Å². The van der Waals surface area contributed by atoms with Crippen molar-refractivity contribution in [3.63, 3.8) is 0 Å². The molecule has 8 heteroatoms. The number of carbonyl (C=O) groups excluding carboxylic acids is 1. The zero-order valence-corrected chi connectivity index (χ0v) is 14.7. The second-order valence-electron chi connectivity index (χ2n) is 6.36. The molecule has 0 N–H and O–H groups in total. The topological polar surface area (TPSA) is 85.8 Å². The molecule has 2 aliphatic heterocycles. The normalized spacial score (nSPS) is 26.0. The third kappa shape index (κ3) is 3.25. The molecule has 0 bridgehead atoms. The van der Waals surface area contributed by atoms with Gasteiger partial charge in [-0.3, -0.25) is 4.79 Å². The summed E-state index contributed by atoms with van der Waals surface area (Å²) in [4.78, 5) is 18.8. The highest BCUT2D eigenvalue weighted by molar-refractivity contribution is 7.92. The Morgan fingerprint density at radius 1 is 1.46 bits per heavy atom. The molecular formula is C16H22N2O5S. The molecule has 132 valence electrons. The van der Waals surface area contributed by atoms with Gasteiger partial charge < -0.3 is 14.4 Å². The first-order valence-corrected chi connectivity index (χ1v) is 9.83. The molecule has 0 radical (unpaired) electrons. The lowest BCUT2D eigenvalue weighted by Crippen LogP contribution is -2.60. The van der Waals surface area contributed by atoms with E-state index < -0.39 is 15.1 Å². The van der Waals surface area contributed by atoms with Crippen molar-refractivity contribution in [1.82, 2.24) is 9.88 Å². The number of hydrogen-bond donors (Lipinski definition) is 0. The van der Waals surface area contributed by atoms with Gasteiger partial charge in [0.15, 0.2) is 9.84 Å². The molecule has 0 saturated carbocycles.